The van der Waals surface area contributed by atoms with Crippen molar-refractivity contribution in [2.75, 3.05) is 19.8 Å². The standard InChI is InChI=1S/C23H25N3O3/c1-16-5-2-10-26-22(27)14-18(24-23(16)26)15-25-9-3-6-19(25)17-7-8-20-21(13-17)29-12-4-11-28-20/h2,5,7-8,10,13-14,19H,3-4,6,9,11-12,15H2,1H3/p+1/t19-/m0/s1. The number of nitrogens with one attached hydrogen (secondary N) is 1. The van der Waals surface area contributed by atoms with Crippen LogP contribution in [-0.2, 0) is 6.54 Å². The van der Waals surface area contributed by atoms with E-state index in [1.165, 1.54) is 16.9 Å². The molecule has 4 heterocycles. The Morgan fingerprint density at radius 2 is 2.00 bits per heavy atom. The average Bonchev–Trinajstić information content (AvgIpc) is 3.04. The van der Waals surface area contributed by atoms with Gasteiger partial charge in [0.2, 0.25) is 0 Å². The largest absolute Gasteiger partial charge is 0.490 e. The van der Waals surface area contributed by atoms with E-state index >= 15 is 0 Å². The van der Waals surface area contributed by atoms with Gasteiger partial charge in [-0.2, -0.15) is 0 Å². The van der Waals surface area contributed by atoms with Crippen molar-refractivity contribution in [1.29, 1.82) is 0 Å². The molecule has 2 atom stereocenters. The van der Waals surface area contributed by atoms with Gasteiger partial charge in [-0.3, -0.25) is 9.20 Å². The summed E-state index contributed by atoms with van der Waals surface area (Å²) in [6.07, 6.45) is 4.98. The van der Waals surface area contributed by atoms with Gasteiger partial charge in [0.15, 0.2) is 11.5 Å². The molecule has 1 aromatic carbocycles. The van der Waals surface area contributed by atoms with E-state index in [-0.39, 0.29) is 5.56 Å². The number of hydrogen-bond acceptors (Lipinski definition) is 4. The summed E-state index contributed by atoms with van der Waals surface area (Å²) in [5.74, 6) is 1.69. The van der Waals surface area contributed by atoms with E-state index in [4.69, 9.17) is 14.5 Å². The molecule has 2 aliphatic heterocycles. The fourth-order valence-electron chi connectivity index (χ4n) is 4.55. The number of aryl methyl sites for hydroxylation is 1. The van der Waals surface area contributed by atoms with Gasteiger partial charge in [-0.05, 0) is 36.8 Å². The fraction of sp³-hybridized carbons (Fsp3) is 0.391. The molecule has 5 rings (SSSR count). The number of likely N-dealkylation sites (tertiary alicyclic amines) is 1. The Labute approximate surface area is 169 Å². The minimum Gasteiger partial charge on any atom is -0.490 e. The van der Waals surface area contributed by atoms with E-state index in [1.807, 2.05) is 25.1 Å². The zero-order valence-electron chi connectivity index (χ0n) is 16.7. The van der Waals surface area contributed by atoms with E-state index < -0.39 is 0 Å². The van der Waals surface area contributed by atoms with Gasteiger partial charge in [0.25, 0.3) is 5.56 Å². The molecule has 0 radical (unpaired) electrons. The van der Waals surface area contributed by atoms with Crippen molar-refractivity contribution >= 4 is 5.65 Å². The van der Waals surface area contributed by atoms with Crippen LogP contribution in [0.5, 0.6) is 11.5 Å². The highest BCUT2D eigenvalue weighted by atomic mass is 16.5. The van der Waals surface area contributed by atoms with Crippen LogP contribution in [0.1, 0.15) is 42.1 Å². The highest BCUT2D eigenvalue weighted by Gasteiger charge is 2.31. The van der Waals surface area contributed by atoms with Crippen molar-refractivity contribution < 1.29 is 14.4 Å². The number of pyridine rings is 1. The number of aromatic nitrogens is 2. The summed E-state index contributed by atoms with van der Waals surface area (Å²) in [4.78, 5) is 18.8. The Morgan fingerprint density at radius 1 is 1.14 bits per heavy atom. The molecule has 1 unspecified atom stereocenters. The summed E-state index contributed by atoms with van der Waals surface area (Å²) in [7, 11) is 0. The third-order valence-corrected chi connectivity index (χ3v) is 6.00. The fourth-order valence-corrected chi connectivity index (χ4v) is 4.55. The van der Waals surface area contributed by atoms with Crippen LogP contribution in [0, 0.1) is 6.92 Å². The number of rotatable bonds is 3. The predicted octanol–water partition coefficient (Wildman–Crippen LogP) is 2.08. The lowest BCUT2D eigenvalue weighted by Gasteiger charge is -2.22. The van der Waals surface area contributed by atoms with Gasteiger partial charge < -0.3 is 14.4 Å². The van der Waals surface area contributed by atoms with Crippen LogP contribution in [-0.4, -0.2) is 29.1 Å². The highest BCUT2D eigenvalue weighted by molar-refractivity contribution is 5.47. The second kappa shape index (κ2) is 7.52. The van der Waals surface area contributed by atoms with Gasteiger partial charge >= 0.3 is 0 Å². The molecule has 6 nitrogen and oxygen atoms in total. The van der Waals surface area contributed by atoms with Crippen molar-refractivity contribution in [3.8, 4) is 11.5 Å². The van der Waals surface area contributed by atoms with E-state index in [1.54, 1.807) is 16.7 Å². The normalized spacial score (nSPS) is 21.3. The van der Waals surface area contributed by atoms with Crippen molar-refractivity contribution in [3.63, 3.8) is 0 Å². The summed E-state index contributed by atoms with van der Waals surface area (Å²) < 4.78 is 13.3. The van der Waals surface area contributed by atoms with E-state index in [9.17, 15) is 4.79 Å². The number of fused-ring (bicyclic) bond motifs is 2. The first-order valence-corrected chi connectivity index (χ1v) is 10.4. The molecule has 0 saturated carbocycles. The summed E-state index contributed by atoms with van der Waals surface area (Å²) in [5, 5.41) is 0. The molecular formula is C23H26N3O3+. The molecule has 0 spiro atoms. The summed E-state index contributed by atoms with van der Waals surface area (Å²) in [6, 6.07) is 12.3. The quantitative estimate of drug-likeness (QED) is 0.742. The van der Waals surface area contributed by atoms with Gasteiger partial charge in [0.1, 0.15) is 23.9 Å². The number of nitrogens with zero attached hydrogens (tertiary/aromatic N) is 2. The molecule has 3 aromatic rings. The van der Waals surface area contributed by atoms with Crippen LogP contribution in [0.2, 0.25) is 0 Å². The average molecular weight is 392 g/mol. The number of hydrogen-bond donors (Lipinski definition) is 1. The predicted molar refractivity (Wildman–Crippen MR) is 110 cm³/mol. The second-order valence-corrected chi connectivity index (χ2v) is 8.01. The Bertz CT molecular complexity index is 1110. The molecule has 2 aromatic heterocycles. The van der Waals surface area contributed by atoms with Gasteiger partial charge in [-0.1, -0.05) is 6.07 Å². The first-order chi connectivity index (χ1) is 14.2. The molecule has 29 heavy (non-hydrogen) atoms. The van der Waals surface area contributed by atoms with Crippen LogP contribution < -0.4 is 19.9 Å². The number of quaternary nitrogens is 1. The third-order valence-electron chi connectivity index (χ3n) is 6.00. The maximum Gasteiger partial charge on any atom is 0.258 e. The van der Waals surface area contributed by atoms with Gasteiger partial charge in [-0.15, -0.1) is 0 Å². The molecule has 6 heteroatoms. The van der Waals surface area contributed by atoms with Crippen molar-refractivity contribution in [2.45, 2.75) is 38.8 Å². The van der Waals surface area contributed by atoms with Crippen molar-refractivity contribution in [2.24, 2.45) is 0 Å². The number of ether oxygens (including phenoxy) is 2. The minimum atomic E-state index is -0.0144. The molecular weight excluding hydrogens is 366 g/mol. The Hall–Kier alpha value is -2.86. The third kappa shape index (κ3) is 3.49. The smallest absolute Gasteiger partial charge is 0.258 e. The zero-order valence-corrected chi connectivity index (χ0v) is 16.7. The lowest BCUT2D eigenvalue weighted by atomic mass is 10.0. The monoisotopic (exact) mass is 392 g/mol. The Morgan fingerprint density at radius 3 is 2.90 bits per heavy atom. The van der Waals surface area contributed by atoms with Crippen LogP contribution >= 0.6 is 0 Å². The van der Waals surface area contributed by atoms with E-state index in [2.05, 4.69) is 12.1 Å². The van der Waals surface area contributed by atoms with Crippen molar-refractivity contribution in [1.82, 2.24) is 9.38 Å². The lowest BCUT2D eigenvalue weighted by Crippen LogP contribution is -3.09. The SMILES string of the molecule is Cc1cccn2c(=O)cc(C[NH+]3CCC[C@H]3c3ccc4c(c3)OCCCO4)nc12. The molecule has 0 aliphatic carbocycles. The summed E-state index contributed by atoms with van der Waals surface area (Å²) in [6.45, 7) is 5.22. The maximum absolute atomic E-state index is 12.6. The zero-order chi connectivity index (χ0) is 19.8. The molecule has 0 bridgehead atoms. The molecule has 1 saturated heterocycles. The van der Waals surface area contributed by atoms with Crippen molar-refractivity contribution in [3.05, 3.63) is 69.8 Å². The molecule has 150 valence electrons. The molecule has 0 amide bonds. The number of benzene rings is 1. The summed E-state index contributed by atoms with van der Waals surface area (Å²) >= 11 is 0. The van der Waals surface area contributed by atoms with Crippen LogP contribution in [0.15, 0.2) is 47.4 Å². The van der Waals surface area contributed by atoms with Crippen LogP contribution in [0.25, 0.3) is 5.65 Å². The van der Waals surface area contributed by atoms with Gasteiger partial charge in [0.05, 0.1) is 19.8 Å². The second-order valence-electron chi connectivity index (χ2n) is 8.01. The van der Waals surface area contributed by atoms with Gasteiger partial charge in [0, 0.05) is 37.1 Å². The topological polar surface area (TPSA) is 57.3 Å². The highest BCUT2D eigenvalue weighted by Crippen LogP contribution is 2.33. The Balaban J connectivity index is 1.43. The molecule has 1 fully saturated rings. The van der Waals surface area contributed by atoms with E-state index in [0.29, 0.717) is 19.3 Å². The molecule has 2 aliphatic rings. The Kier molecular flexibility index (Phi) is 4.72. The first-order valence-electron chi connectivity index (χ1n) is 10.4. The minimum absolute atomic E-state index is 0.0144. The van der Waals surface area contributed by atoms with Crippen LogP contribution in [0.3, 0.4) is 0 Å². The summed E-state index contributed by atoms with van der Waals surface area (Å²) in [5.41, 5.74) is 3.89. The van der Waals surface area contributed by atoms with Gasteiger partial charge in [-0.25, -0.2) is 4.98 Å². The van der Waals surface area contributed by atoms with E-state index in [0.717, 1.165) is 54.3 Å². The van der Waals surface area contributed by atoms with Crippen LogP contribution in [0.4, 0.5) is 0 Å². The first kappa shape index (κ1) is 18.2. The lowest BCUT2D eigenvalue weighted by molar-refractivity contribution is -0.932. The molecule has 1 N–H and O–H groups in total. The maximum atomic E-state index is 12.6.